The molecular formula is C15H16BF7O2. The van der Waals surface area contributed by atoms with Gasteiger partial charge in [0.15, 0.2) is 0 Å². The van der Waals surface area contributed by atoms with Gasteiger partial charge in [-0.05, 0) is 33.2 Å². The first kappa shape index (κ1) is 20.0. The Labute approximate surface area is 140 Å². The molecule has 0 unspecified atom stereocenters. The Morgan fingerprint density at radius 1 is 0.800 bits per heavy atom. The van der Waals surface area contributed by atoms with Gasteiger partial charge in [-0.25, -0.2) is 4.39 Å². The Morgan fingerprint density at radius 2 is 1.24 bits per heavy atom. The molecule has 1 heterocycles. The SMILES string of the molecule is CC1(C)OB(c2cccc(C(F)(C(F)(F)F)C(F)(F)F)c2)OC1(C)C. The molecule has 0 radical (unpaired) electrons. The molecule has 0 aliphatic carbocycles. The van der Waals surface area contributed by atoms with Crippen LogP contribution in [0.5, 0.6) is 0 Å². The van der Waals surface area contributed by atoms with Crippen molar-refractivity contribution >= 4 is 12.6 Å². The van der Waals surface area contributed by atoms with Crippen molar-refractivity contribution in [3.8, 4) is 0 Å². The van der Waals surface area contributed by atoms with E-state index in [1.165, 1.54) is 6.07 Å². The van der Waals surface area contributed by atoms with Crippen LogP contribution in [0.4, 0.5) is 30.7 Å². The van der Waals surface area contributed by atoms with Crippen LogP contribution in [0.1, 0.15) is 33.3 Å². The third-order valence-corrected chi connectivity index (χ3v) is 4.59. The highest BCUT2D eigenvalue weighted by molar-refractivity contribution is 6.62. The molecule has 1 saturated heterocycles. The fourth-order valence-electron chi connectivity index (χ4n) is 2.37. The summed E-state index contributed by atoms with van der Waals surface area (Å²) in [7, 11) is -1.21. The van der Waals surface area contributed by atoms with E-state index >= 15 is 0 Å². The van der Waals surface area contributed by atoms with Crippen LogP contribution in [0.3, 0.4) is 0 Å². The van der Waals surface area contributed by atoms with Gasteiger partial charge in [-0.2, -0.15) is 26.3 Å². The number of benzene rings is 1. The second-order valence-electron chi connectivity index (χ2n) is 6.87. The van der Waals surface area contributed by atoms with Crippen molar-refractivity contribution in [3.63, 3.8) is 0 Å². The van der Waals surface area contributed by atoms with Gasteiger partial charge in [0.1, 0.15) is 0 Å². The topological polar surface area (TPSA) is 18.5 Å². The number of rotatable bonds is 2. The van der Waals surface area contributed by atoms with Gasteiger partial charge < -0.3 is 9.31 Å². The average Bonchev–Trinajstić information content (AvgIpc) is 2.64. The van der Waals surface area contributed by atoms with Gasteiger partial charge in [0, 0.05) is 5.56 Å². The summed E-state index contributed by atoms with van der Waals surface area (Å²) in [6.07, 6.45) is -12.3. The highest BCUT2D eigenvalue weighted by Gasteiger charge is 2.73. The largest absolute Gasteiger partial charge is 0.494 e. The third kappa shape index (κ3) is 3.14. The molecule has 0 saturated carbocycles. The third-order valence-electron chi connectivity index (χ3n) is 4.59. The van der Waals surface area contributed by atoms with E-state index in [1.54, 1.807) is 27.7 Å². The molecule has 0 bridgehead atoms. The molecule has 0 aromatic heterocycles. The Balaban J connectivity index is 2.49. The fraction of sp³-hybridized carbons (Fsp3) is 0.600. The molecule has 1 aliphatic rings. The lowest BCUT2D eigenvalue weighted by molar-refractivity contribution is -0.348. The summed E-state index contributed by atoms with van der Waals surface area (Å²) in [4.78, 5) is 0. The van der Waals surface area contributed by atoms with E-state index in [4.69, 9.17) is 9.31 Å². The number of alkyl halides is 7. The maximum absolute atomic E-state index is 14.2. The Bertz CT molecular complexity index is 622. The van der Waals surface area contributed by atoms with E-state index in [1.807, 2.05) is 0 Å². The first-order valence-electron chi connectivity index (χ1n) is 7.31. The molecule has 1 aromatic carbocycles. The summed E-state index contributed by atoms with van der Waals surface area (Å²) in [6, 6.07) is 3.04. The van der Waals surface area contributed by atoms with Gasteiger partial charge >= 0.3 is 25.1 Å². The Kier molecular flexibility index (Phi) is 4.49. The summed E-state index contributed by atoms with van der Waals surface area (Å²) in [6.45, 7) is 6.67. The summed E-state index contributed by atoms with van der Waals surface area (Å²) >= 11 is 0. The monoisotopic (exact) mass is 372 g/mol. The molecule has 0 amide bonds. The van der Waals surface area contributed by atoms with Gasteiger partial charge in [0.05, 0.1) is 11.2 Å². The van der Waals surface area contributed by atoms with Crippen molar-refractivity contribution in [2.45, 2.75) is 56.9 Å². The highest BCUT2D eigenvalue weighted by atomic mass is 19.4. The minimum atomic E-state index is -6.17. The summed E-state index contributed by atoms with van der Waals surface area (Å²) in [5.41, 5.74) is -8.89. The predicted molar refractivity (Wildman–Crippen MR) is 77.1 cm³/mol. The predicted octanol–water partition coefficient (Wildman–Crippen LogP) is 4.28. The smallest absolute Gasteiger partial charge is 0.399 e. The molecule has 2 nitrogen and oxygen atoms in total. The van der Waals surface area contributed by atoms with Crippen LogP contribution in [0, 0.1) is 0 Å². The first-order chi connectivity index (χ1) is 11.0. The quantitative estimate of drug-likeness (QED) is 0.570. The van der Waals surface area contributed by atoms with E-state index in [0.29, 0.717) is 12.1 Å². The van der Waals surface area contributed by atoms with Crippen molar-refractivity contribution < 1.29 is 40.0 Å². The molecule has 0 N–H and O–H groups in total. The van der Waals surface area contributed by atoms with Crippen LogP contribution in [-0.4, -0.2) is 30.7 Å². The normalized spacial score (nSPS) is 20.8. The van der Waals surface area contributed by atoms with Crippen molar-refractivity contribution in [2.24, 2.45) is 0 Å². The summed E-state index contributed by atoms with van der Waals surface area (Å²) in [5, 5.41) is 0. The van der Waals surface area contributed by atoms with E-state index in [2.05, 4.69) is 0 Å². The Hall–Kier alpha value is -1.29. The molecule has 0 atom stereocenters. The minimum absolute atomic E-state index is 0.133. The molecular weight excluding hydrogens is 356 g/mol. The zero-order valence-corrected chi connectivity index (χ0v) is 13.8. The van der Waals surface area contributed by atoms with Crippen molar-refractivity contribution in [2.75, 3.05) is 0 Å². The van der Waals surface area contributed by atoms with Gasteiger partial charge in [-0.3, -0.25) is 0 Å². The van der Waals surface area contributed by atoms with Crippen LogP contribution in [0.25, 0.3) is 0 Å². The molecule has 1 aromatic rings. The lowest BCUT2D eigenvalue weighted by atomic mass is 9.77. The highest BCUT2D eigenvalue weighted by Crippen LogP contribution is 2.53. The van der Waals surface area contributed by atoms with Crippen molar-refractivity contribution in [1.29, 1.82) is 0 Å². The van der Waals surface area contributed by atoms with Gasteiger partial charge in [-0.1, -0.05) is 24.3 Å². The van der Waals surface area contributed by atoms with Gasteiger partial charge in [-0.15, -0.1) is 0 Å². The zero-order valence-electron chi connectivity index (χ0n) is 13.8. The van der Waals surface area contributed by atoms with Crippen LogP contribution < -0.4 is 5.46 Å². The molecule has 25 heavy (non-hydrogen) atoms. The number of hydrogen-bond acceptors (Lipinski definition) is 2. The lowest BCUT2D eigenvalue weighted by Crippen LogP contribution is -2.51. The molecule has 2 rings (SSSR count). The standard InChI is InChI=1S/C15H16BF7O2/c1-11(2)12(3,4)25-16(24-11)10-7-5-6-9(8-10)13(17,14(18,19)20)15(21,22)23/h5-8H,1-4H3. The van der Waals surface area contributed by atoms with Crippen molar-refractivity contribution in [1.82, 2.24) is 0 Å². The van der Waals surface area contributed by atoms with E-state index < -0.39 is 41.9 Å². The van der Waals surface area contributed by atoms with E-state index in [9.17, 15) is 30.7 Å². The van der Waals surface area contributed by atoms with E-state index in [0.717, 1.165) is 6.07 Å². The van der Waals surface area contributed by atoms with Crippen LogP contribution >= 0.6 is 0 Å². The maximum atomic E-state index is 14.2. The Morgan fingerprint density at radius 3 is 1.64 bits per heavy atom. The fourth-order valence-corrected chi connectivity index (χ4v) is 2.37. The zero-order chi connectivity index (χ0) is 19.5. The number of halogens is 7. The number of hydrogen-bond donors (Lipinski definition) is 0. The summed E-state index contributed by atoms with van der Waals surface area (Å²) < 4.78 is 103. The molecule has 1 aliphatic heterocycles. The van der Waals surface area contributed by atoms with E-state index in [-0.39, 0.29) is 5.46 Å². The molecule has 0 spiro atoms. The van der Waals surface area contributed by atoms with Crippen LogP contribution in [-0.2, 0) is 15.0 Å². The van der Waals surface area contributed by atoms with Crippen LogP contribution in [0.15, 0.2) is 24.3 Å². The maximum Gasteiger partial charge on any atom is 0.494 e. The second-order valence-corrected chi connectivity index (χ2v) is 6.87. The molecule has 140 valence electrons. The van der Waals surface area contributed by atoms with Crippen LogP contribution in [0.2, 0.25) is 0 Å². The summed E-state index contributed by atoms with van der Waals surface area (Å²) in [5.74, 6) is 0. The second kappa shape index (κ2) is 5.60. The lowest BCUT2D eigenvalue weighted by Gasteiger charge is -2.32. The van der Waals surface area contributed by atoms with Gasteiger partial charge in [0.25, 0.3) is 0 Å². The minimum Gasteiger partial charge on any atom is -0.399 e. The first-order valence-corrected chi connectivity index (χ1v) is 7.31. The van der Waals surface area contributed by atoms with Crippen molar-refractivity contribution in [3.05, 3.63) is 29.8 Å². The average molecular weight is 372 g/mol. The van der Waals surface area contributed by atoms with Gasteiger partial charge in [0.2, 0.25) is 0 Å². The molecule has 1 fully saturated rings. The molecule has 10 heteroatoms.